The molecule has 0 radical (unpaired) electrons. The van der Waals surface area contributed by atoms with Gasteiger partial charge in [-0.1, -0.05) is 31.5 Å². The first-order valence-corrected chi connectivity index (χ1v) is 6.79. The molecule has 0 aliphatic carbocycles. The minimum atomic E-state index is -0.767. The average molecular weight is 258 g/mol. The van der Waals surface area contributed by atoms with E-state index < -0.39 is 12.0 Å². The highest BCUT2D eigenvalue weighted by atomic mass is 16.4. The highest BCUT2D eigenvalue weighted by molar-refractivity contribution is 5.86. The lowest BCUT2D eigenvalue weighted by Crippen LogP contribution is -2.44. The summed E-state index contributed by atoms with van der Waals surface area (Å²) in [7, 11) is 0. The second-order valence-electron chi connectivity index (χ2n) is 5.17. The molecule has 0 bridgehead atoms. The Morgan fingerprint density at radius 3 is 2.95 bits per heavy atom. The third kappa shape index (κ3) is 2.02. The molecule has 0 fully saturated rings. The number of aromatic amines is 1. The molecule has 1 aliphatic rings. The molecule has 1 unspecified atom stereocenters. The SMILES string of the molecule is CCCC1N[C@@H](C(=O)O)Cc2c1[nH]c1ccccc21. The van der Waals surface area contributed by atoms with Crippen molar-refractivity contribution in [3.05, 3.63) is 35.5 Å². The van der Waals surface area contributed by atoms with E-state index in [0.29, 0.717) is 6.42 Å². The molecule has 4 nitrogen and oxygen atoms in total. The molecule has 100 valence electrons. The maximum absolute atomic E-state index is 11.3. The van der Waals surface area contributed by atoms with Crippen molar-refractivity contribution in [2.24, 2.45) is 0 Å². The topological polar surface area (TPSA) is 65.1 Å². The van der Waals surface area contributed by atoms with Crippen molar-refractivity contribution < 1.29 is 9.90 Å². The Balaban J connectivity index is 2.11. The Morgan fingerprint density at radius 1 is 1.42 bits per heavy atom. The summed E-state index contributed by atoms with van der Waals surface area (Å²) in [6, 6.07) is 7.75. The number of para-hydroxylation sites is 1. The molecule has 1 aromatic carbocycles. The number of fused-ring (bicyclic) bond motifs is 3. The van der Waals surface area contributed by atoms with Gasteiger partial charge in [0, 0.05) is 29.1 Å². The van der Waals surface area contributed by atoms with Crippen LogP contribution in [0.3, 0.4) is 0 Å². The van der Waals surface area contributed by atoms with Crippen molar-refractivity contribution in [1.29, 1.82) is 0 Å². The number of H-pyrrole nitrogens is 1. The zero-order chi connectivity index (χ0) is 13.4. The van der Waals surface area contributed by atoms with Crippen molar-refractivity contribution in [2.45, 2.75) is 38.3 Å². The summed E-state index contributed by atoms with van der Waals surface area (Å²) >= 11 is 0. The number of rotatable bonds is 3. The van der Waals surface area contributed by atoms with Crippen LogP contribution < -0.4 is 5.32 Å². The Morgan fingerprint density at radius 2 is 2.21 bits per heavy atom. The minimum Gasteiger partial charge on any atom is -0.480 e. The van der Waals surface area contributed by atoms with Crippen LogP contribution >= 0.6 is 0 Å². The van der Waals surface area contributed by atoms with E-state index in [1.165, 1.54) is 11.3 Å². The molecule has 3 rings (SSSR count). The summed E-state index contributed by atoms with van der Waals surface area (Å²) in [5, 5.41) is 13.7. The maximum Gasteiger partial charge on any atom is 0.321 e. The van der Waals surface area contributed by atoms with Gasteiger partial charge in [0.05, 0.1) is 0 Å². The summed E-state index contributed by atoms with van der Waals surface area (Å²) in [4.78, 5) is 14.8. The quantitative estimate of drug-likeness (QED) is 0.793. The van der Waals surface area contributed by atoms with Crippen LogP contribution in [0.15, 0.2) is 24.3 Å². The monoisotopic (exact) mass is 258 g/mol. The lowest BCUT2D eigenvalue weighted by atomic mass is 9.92. The molecule has 2 heterocycles. The zero-order valence-corrected chi connectivity index (χ0v) is 10.9. The van der Waals surface area contributed by atoms with Crippen LogP contribution in [0.25, 0.3) is 10.9 Å². The van der Waals surface area contributed by atoms with Crippen LogP contribution in [-0.4, -0.2) is 22.1 Å². The van der Waals surface area contributed by atoms with Crippen molar-refractivity contribution in [3.63, 3.8) is 0 Å². The first-order chi connectivity index (χ1) is 9.20. The van der Waals surface area contributed by atoms with Gasteiger partial charge in [-0.3, -0.25) is 10.1 Å². The molecule has 0 saturated heterocycles. The fourth-order valence-electron chi connectivity index (χ4n) is 3.00. The van der Waals surface area contributed by atoms with Gasteiger partial charge >= 0.3 is 5.97 Å². The summed E-state index contributed by atoms with van der Waals surface area (Å²) in [5.74, 6) is -0.767. The standard InChI is InChI=1S/C15H18N2O2/c1-2-5-12-14-10(8-13(16-12)15(18)19)9-6-3-4-7-11(9)17-14/h3-4,6-7,12-13,16-17H,2,5,8H2,1H3,(H,18,19)/t12?,13-/m1/s1. The molecule has 0 saturated carbocycles. The lowest BCUT2D eigenvalue weighted by molar-refractivity contribution is -0.139. The molecule has 2 aromatic rings. The molecule has 3 N–H and O–H groups in total. The van der Waals surface area contributed by atoms with Gasteiger partial charge in [-0.2, -0.15) is 0 Å². The van der Waals surface area contributed by atoms with Gasteiger partial charge in [0.25, 0.3) is 0 Å². The van der Waals surface area contributed by atoms with Gasteiger partial charge in [0.15, 0.2) is 0 Å². The fraction of sp³-hybridized carbons (Fsp3) is 0.400. The van der Waals surface area contributed by atoms with Crippen LogP contribution in [0.4, 0.5) is 0 Å². The van der Waals surface area contributed by atoms with Gasteiger partial charge < -0.3 is 10.1 Å². The number of carboxylic acid groups (broad SMARTS) is 1. The van der Waals surface area contributed by atoms with Gasteiger partial charge in [-0.15, -0.1) is 0 Å². The van der Waals surface area contributed by atoms with Crippen LogP contribution in [0.1, 0.15) is 37.1 Å². The van der Waals surface area contributed by atoms with Crippen molar-refractivity contribution >= 4 is 16.9 Å². The van der Waals surface area contributed by atoms with E-state index >= 15 is 0 Å². The third-order valence-corrected chi connectivity index (χ3v) is 3.88. The van der Waals surface area contributed by atoms with Gasteiger partial charge in [0.2, 0.25) is 0 Å². The average Bonchev–Trinajstić information content (AvgIpc) is 2.78. The molecular formula is C15H18N2O2. The molecule has 0 spiro atoms. The maximum atomic E-state index is 11.3. The van der Waals surface area contributed by atoms with E-state index in [9.17, 15) is 9.90 Å². The second-order valence-corrected chi connectivity index (χ2v) is 5.17. The molecular weight excluding hydrogens is 240 g/mol. The number of benzene rings is 1. The first kappa shape index (κ1) is 12.2. The lowest BCUT2D eigenvalue weighted by Gasteiger charge is -2.29. The molecule has 2 atom stereocenters. The number of aromatic nitrogens is 1. The predicted octanol–water partition coefficient (Wildman–Crippen LogP) is 2.61. The van der Waals surface area contributed by atoms with E-state index in [2.05, 4.69) is 23.3 Å². The Hall–Kier alpha value is -1.81. The molecule has 4 heteroatoms. The number of carboxylic acids is 1. The van der Waals surface area contributed by atoms with Gasteiger partial charge in [-0.25, -0.2) is 0 Å². The summed E-state index contributed by atoms with van der Waals surface area (Å²) in [6.07, 6.45) is 2.53. The van der Waals surface area contributed by atoms with Crippen LogP contribution in [-0.2, 0) is 11.2 Å². The molecule has 1 aromatic heterocycles. The third-order valence-electron chi connectivity index (χ3n) is 3.88. The first-order valence-electron chi connectivity index (χ1n) is 6.79. The van der Waals surface area contributed by atoms with E-state index in [-0.39, 0.29) is 6.04 Å². The predicted molar refractivity (Wildman–Crippen MR) is 74.2 cm³/mol. The zero-order valence-electron chi connectivity index (χ0n) is 10.9. The highest BCUT2D eigenvalue weighted by Crippen LogP contribution is 2.33. The highest BCUT2D eigenvalue weighted by Gasteiger charge is 2.32. The van der Waals surface area contributed by atoms with E-state index in [1.807, 2.05) is 18.2 Å². The molecule has 1 aliphatic heterocycles. The number of aliphatic carboxylic acids is 1. The Labute approximate surface area is 111 Å². The van der Waals surface area contributed by atoms with E-state index in [0.717, 1.165) is 23.7 Å². The molecule has 0 amide bonds. The van der Waals surface area contributed by atoms with Crippen LogP contribution in [0.2, 0.25) is 0 Å². The molecule has 19 heavy (non-hydrogen) atoms. The van der Waals surface area contributed by atoms with Gasteiger partial charge in [-0.05, 0) is 18.1 Å². The van der Waals surface area contributed by atoms with Gasteiger partial charge in [0.1, 0.15) is 6.04 Å². The largest absolute Gasteiger partial charge is 0.480 e. The van der Waals surface area contributed by atoms with Crippen LogP contribution in [0.5, 0.6) is 0 Å². The van der Waals surface area contributed by atoms with E-state index in [1.54, 1.807) is 0 Å². The normalized spacial score (nSPS) is 22.4. The summed E-state index contributed by atoms with van der Waals surface area (Å²) < 4.78 is 0. The number of hydrogen-bond donors (Lipinski definition) is 3. The smallest absolute Gasteiger partial charge is 0.321 e. The number of nitrogens with one attached hydrogen (secondary N) is 2. The summed E-state index contributed by atoms with van der Waals surface area (Å²) in [6.45, 7) is 2.12. The summed E-state index contributed by atoms with van der Waals surface area (Å²) in [5.41, 5.74) is 3.43. The van der Waals surface area contributed by atoms with Crippen molar-refractivity contribution in [1.82, 2.24) is 10.3 Å². The second kappa shape index (κ2) is 4.70. The number of carbonyl (C=O) groups is 1. The van der Waals surface area contributed by atoms with Crippen LogP contribution in [0, 0.1) is 0 Å². The van der Waals surface area contributed by atoms with Crippen molar-refractivity contribution in [3.8, 4) is 0 Å². The Kier molecular flexibility index (Phi) is 3.03. The van der Waals surface area contributed by atoms with Crippen molar-refractivity contribution in [2.75, 3.05) is 0 Å². The minimum absolute atomic E-state index is 0.113. The van der Waals surface area contributed by atoms with E-state index in [4.69, 9.17) is 0 Å². The Bertz CT molecular complexity index is 618. The number of hydrogen-bond acceptors (Lipinski definition) is 2. The fourth-order valence-corrected chi connectivity index (χ4v) is 3.00.